The van der Waals surface area contributed by atoms with Crippen molar-refractivity contribution in [2.45, 2.75) is 26.0 Å². The van der Waals surface area contributed by atoms with Gasteiger partial charge in [0.2, 0.25) is 0 Å². The van der Waals surface area contributed by atoms with Crippen LogP contribution < -0.4 is 9.47 Å². The summed E-state index contributed by atoms with van der Waals surface area (Å²) in [5.41, 5.74) is 0.354. The van der Waals surface area contributed by atoms with Gasteiger partial charge in [0.15, 0.2) is 11.5 Å². The number of hydrogen-bond acceptors (Lipinski definition) is 19. The predicted molar refractivity (Wildman–Crippen MR) is 262 cm³/mol. The first kappa shape index (κ1) is 51.9. The van der Waals surface area contributed by atoms with Crippen LogP contribution in [0.5, 0.6) is 17.2 Å². The molecule has 0 heterocycles. The van der Waals surface area contributed by atoms with Crippen molar-refractivity contribution < 1.29 is 79.4 Å². The second-order valence-electron chi connectivity index (χ2n) is 15.6. The van der Waals surface area contributed by atoms with Crippen molar-refractivity contribution in [3.8, 4) is 17.2 Å². The smallest absolute Gasteiger partial charge is 0.294 e. The lowest BCUT2D eigenvalue weighted by atomic mass is 10.1. The van der Waals surface area contributed by atoms with Crippen LogP contribution in [0.3, 0.4) is 0 Å². The molecule has 0 unspecified atom stereocenters. The van der Waals surface area contributed by atoms with Crippen molar-refractivity contribution >= 4 is 128 Å². The van der Waals surface area contributed by atoms with E-state index in [1.165, 1.54) is 73.8 Å². The van der Waals surface area contributed by atoms with Gasteiger partial charge >= 0.3 is 0 Å². The minimum atomic E-state index is -4.79. The summed E-state index contributed by atoms with van der Waals surface area (Å²) < 4.78 is 179. The van der Waals surface area contributed by atoms with E-state index in [2.05, 4.69) is 30.7 Å². The summed E-state index contributed by atoms with van der Waals surface area (Å²) in [7, 11) is -22.1. The van der Waals surface area contributed by atoms with E-state index in [0.717, 1.165) is 48.5 Å². The van der Waals surface area contributed by atoms with Crippen molar-refractivity contribution in [1.82, 2.24) is 0 Å². The maximum Gasteiger partial charge on any atom is 0.294 e. The Labute approximate surface area is 413 Å². The molecule has 8 rings (SSSR count). The van der Waals surface area contributed by atoms with Crippen molar-refractivity contribution in [3.05, 3.63) is 115 Å². The highest BCUT2D eigenvalue weighted by atomic mass is 32.2. The number of benzene rings is 8. The number of hydrogen-bond donors (Lipinski definition) is 6. The monoisotopic (exact) mass is 1090 g/mol. The summed E-state index contributed by atoms with van der Waals surface area (Å²) in [6, 6.07) is 23.7. The van der Waals surface area contributed by atoms with Gasteiger partial charge in [-0.3, -0.25) is 22.8 Å². The fraction of sp³-hybridized carbons (Fsp3) is 0.0909. The van der Waals surface area contributed by atoms with Crippen LogP contribution in [-0.4, -0.2) is 89.4 Å². The van der Waals surface area contributed by atoms with Gasteiger partial charge in [-0.2, -0.15) is 47.2 Å². The second kappa shape index (κ2) is 19.5. The standard InChI is InChI=1S/C44H34N6O18S5/c1-67-43-23-41(36-21-28(72(61,62)63)7-10-32(36)44(43)51)50-48-38-12-14-40(35-20-27(71(58,59)60)6-9-31(35)38)49-47-37-11-13-39(34-19-26(70(55,56)57)5-8-30(34)37)46-45-25-4-3-24-17-29(73(64,65)66)22-42(33(24)18-25)68-15-2-16-69(52,53)54/h3-14,17-23,51H,2,15-16H2,1H3,(H,52,53,54)(H,55,56,57)(H,58,59,60)(H,61,62,63)(H,64,65,66). The van der Waals surface area contributed by atoms with Gasteiger partial charge in [0.1, 0.15) is 5.75 Å². The Morgan fingerprint density at radius 1 is 0.411 bits per heavy atom. The number of methoxy groups -OCH3 is 1. The Morgan fingerprint density at radius 3 is 1.32 bits per heavy atom. The van der Waals surface area contributed by atoms with Crippen LogP contribution in [0, 0.1) is 0 Å². The molecule has 8 aromatic carbocycles. The van der Waals surface area contributed by atoms with Crippen LogP contribution in [0.4, 0.5) is 34.1 Å². The minimum absolute atomic E-state index is 0.0160. The van der Waals surface area contributed by atoms with Crippen LogP contribution in [0.2, 0.25) is 0 Å². The van der Waals surface area contributed by atoms with Crippen molar-refractivity contribution in [1.29, 1.82) is 0 Å². The Bertz CT molecular complexity index is 4310. The quantitative estimate of drug-likeness (QED) is 0.0297. The van der Waals surface area contributed by atoms with Crippen LogP contribution >= 0.6 is 0 Å². The highest BCUT2D eigenvalue weighted by molar-refractivity contribution is 7.86. The van der Waals surface area contributed by atoms with E-state index in [0.29, 0.717) is 0 Å². The fourth-order valence-electron chi connectivity index (χ4n) is 7.37. The summed E-state index contributed by atoms with van der Waals surface area (Å²) in [6.45, 7) is -0.289. The van der Waals surface area contributed by atoms with Gasteiger partial charge in [-0.05, 0) is 96.7 Å². The van der Waals surface area contributed by atoms with Crippen molar-refractivity contribution in [2.75, 3.05) is 19.5 Å². The molecule has 0 saturated heterocycles. The predicted octanol–water partition coefficient (Wildman–Crippen LogP) is 9.90. The SMILES string of the molecule is COc1cc(N=Nc2ccc(N=Nc3ccc(N=Nc4ccc5cc(S(=O)(=O)O)cc(OCCCS(=O)(=O)O)c5c4)c4cc(S(=O)(=O)O)ccc34)c3cc(S(=O)(=O)O)ccc23)c2cc(S(=O)(=O)O)ccc2c1O. The Hall–Kier alpha value is -7.45. The third-order valence-electron chi connectivity index (χ3n) is 10.8. The van der Waals surface area contributed by atoms with E-state index in [9.17, 15) is 65.4 Å². The molecule has 0 radical (unpaired) electrons. The molecule has 0 saturated carbocycles. The van der Waals surface area contributed by atoms with E-state index in [4.69, 9.17) is 14.0 Å². The number of nitrogens with zero attached hydrogens (tertiary/aromatic N) is 6. The molecule has 0 bridgehead atoms. The molecule has 0 amide bonds. The fourth-order valence-corrected chi connectivity index (χ4v) is 9.91. The molecule has 0 spiro atoms. The normalized spacial score (nSPS) is 13.1. The Balaban J connectivity index is 1.19. The lowest BCUT2D eigenvalue weighted by Crippen LogP contribution is -2.09. The van der Waals surface area contributed by atoms with Gasteiger partial charge in [0.05, 0.1) is 73.2 Å². The highest BCUT2D eigenvalue weighted by Crippen LogP contribution is 2.44. The molecule has 73 heavy (non-hydrogen) atoms. The molecule has 24 nitrogen and oxygen atoms in total. The van der Waals surface area contributed by atoms with Gasteiger partial charge in [0.25, 0.3) is 50.6 Å². The maximum atomic E-state index is 12.3. The van der Waals surface area contributed by atoms with Gasteiger partial charge < -0.3 is 14.6 Å². The van der Waals surface area contributed by atoms with Crippen LogP contribution in [-0.2, 0) is 50.6 Å². The molecule has 0 aliphatic heterocycles. The van der Waals surface area contributed by atoms with Gasteiger partial charge in [-0.25, -0.2) is 0 Å². The molecule has 0 fully saturated rings. The molecule has 0 aliphatic carbocycles. The number of phenolic OH excluding ortho intramolecular Hbond substituents is 1. The van der Waals surface area contributed by atoms with Crippen LogP contribution in [0.15, 0.2) is 166 Å². The first-order valence-electron chi connectivity index (χ1n) is 20.5. The van der Waals surface area contributed by atoms with Crippen LogP contribution in [0.1, 0.15) is 6.42 Å². The summed E-state index contributed by atoms with van der Waals surface area (Å²) >= 11 is 0. The highest BCUT2D eigenvalue weighted by Gasteiger charge is 2.20. The summed E-state index contributed by atoms with van der Waals surface area (Å²) in [5.74, 6) is -1.16. The molecule has 8 aromatic rings. The lowest BCUT2D eigenvalue weighted by molar-refractivity contribution is 0.319. The molecular weight excluding hydrogens is 1060 g/mol. The third-order valence-corrected chi connectivity index (χ3v) is 15.0. The third kappa shape index (κ3) is 11.6. The number of fused-ring (bicyclic) bond motifs is 4. The topological polar surface area (TPSA) is 385 Å². The van der Waals surface area contributed by atoms with Crippen LogP contribution in [0.25, 0.3) is 43.1 Å². The Morgan fingerprint density at radius 2 is 0.849 bits per heavy atom. The van der Waals surface area contributed by atoms with E-state index in [1.807, 2.05) is 0 Å². The number of aromatic hydroxyl groups is 1. The zero-order valence-corrected chi connectivity index (χ0v) is 41.0. The summed E-state index contributed by atoms with van der Waals surface area (Å²) in [4.78, 5) is -2.11. The molecule has 378 valence electrons. The first-order valence-corrected chi connectivity index (χ1v) is 27.8. The van der Waals surface area contributed by atoms with E-state index < -0.39 is 75.9 Å². The van der Waals surface area contributed by atoms with Gasteiger partial charge in [-0.15, -0.1) is 25.6 Å². The number of phenols is 1. The Kier molecular flexibility index (Phi) is 13.9. The average molecular weight is 1100 g/mol. The number of ether oxygens (including phenoxy) is 2. The second-order valence-corrected chi connectivity index (χ2v) is 22.8. The van der Waals surface area contributed by atoms with Gasteiger partial charge in [0, 0.05) is 49.8 Å². The zero-order chi connectivity index (χ0) is 52.8. The number of rotatable bonds is 16. The van der Waals surface area contributed by atoms with E-state index in [-0.39, 0.29) is 107 Å². The average Bonchev–Trinajstić information content (AvgIpc) is 3.32. The summed E-state index contributed by atoms with van der Waals surface area (Å²) in [6.07, 6.45) is -0.180. The molecule has 29 heteroatoms. The minimum Gasteiger partial charge on any atom is -0.504 e. The first-order chi connectivity index (χ1) is 34.2. The molecule has 6 N–H and O–H groups in total. The molecular formula is C44H34N6O18S5. The van der Waals surface area contributed by atoms with Crippen molar-refractivity contribution in [2.24, 2.45) is 30.7 Å². The maximum absolute atomic E-state index is 12.3. The zero-order valence-electron chi connectivity index (χ0n) is 36.9. The lowest BCUT2D eigenvalue weighted by Gasteiger charge is -2.11. The van der Waals surface area contributed by atoms with E-state index in [1.54, 1.807) is 0 Å². The van der Waals surface area contributed by atoms with Gasteiger partial charge in [-0.1, -0.05) is 18.2 Å². The summed E-state index contributed by atoms with van der Waals surface area (Å²) in [5, 5.41) is 37.8. The largest absolute Gasteiger partial charge is 0.504 e. The van der Waals surface area contributed by atoms with Crippen molar-refractivity contribution in [3.63, 3.8) is 0 Å². The van der Waals surface area contributed by atoms with E-state index >= 15 is 0 Å². The molecule has 0 aliphatic rings. The molecule has 0 atom stereocenters. The molecule has 0 aromatic heterocycles. The number of azo groups is 3.